The molecule has 0 radical (unpaired) electrons. The van der Waals surface area contributed by atoms with Gasteiger partial charge in [-0.25, -0.2) is 0 Å². The Morgan fingerprint density at radius 1 is 1.09 bits per heavy atom. The van der Waals surface area contributed by atoms with Crippen LogP contribution in [-0.2, 0) is 11.2 Å². The molecule has 0 unspecified atom stereocenters. The Labute approximate surface area is 135 Å². The van der Waals surface area contributed by atoms with Crippen LogP contribution in [0.25, 0.3) is 11.3 Å². The standard InChI is InChI=1S/C19H19N3O/c1-14-12-18(22-21-14)16-8-5-9-17(13-16)20-19(23)11-10-15-6-3-2-4-7-15/h2-9,12-13H,10-11H2,1H3,(H,20,23)(H,21,22). The maximum absolute atomic E-state index is 12.1. The van der Waals surface area contributed by atoms with Crippen molar-refractivity contribution >= 4 is 11.6 Å². The first-order valence-electron chi connectivity index (χ1n) is 7.67. The Bertz CT molecular complexity index is 793. The summed E-state index contributed by atoms with van der Waals surface area (Å²) < 4.78 is 0. The Hall–Kier alpha value is -2.88. The van der Waals surface area contributed by atoms with Crippen molar-refractivity contribution in [1.29, 1.82) is 0 Å². The molecule has 116 valence electrons. The van der Waals surface area contributed by atoms with E-state index in [2.05, 4.69) is 15.5 Å². The second-order valence-electron chi connectivity index (χ2n) is 5.55. The van der Waals surface area contributed by atoms with Crippen molar-refractivity contribution in [2.24, 2.45) is 0 Å². The van der Waals surface area contributed by atoms with E-state index in [1.54, 1.807) is 0 Å². The van der Waals surface area contributed by atoms with Crippen LogP contribution in [0.2, 0.25) is 0 Å². The first kappa shape index (κ1) is 15.0. The second kappa shape index (κ2) is 6.92. The zero-order valence-corrected chi connectivity index (χ0v) is 13.0. The van der Waals surface area contributed by atoms with Gasteiger partial charge >= 0.3 is 0 Å². The number of rotatable bonds is 5. The maximum atomic E-state index is 12.1. The average Bonchev–Trinajstić information content (AvgIpc) is 3.01. The molecular formula is C19H19N3O. The lowest BCUT2D eigenvalue weighted by Gasteiger charge is -2.07. The van der Waals surface area contributed by atoms with Crippen LogP contribution in [-0.4, -0.2) is 16.1 Å². The molecule has 2 N–H and O–H groups in total. The highest BCUT2D eigenvalue weighted by atomic mass is 16.1. The fourth-order valence-corrected chi connectivity index (χ4v) is 2.45. The Kier molecular flexibility index (Phi) is 4.52. The molecule has 0 atom stereocenters. The van der Waals surface area contributed by atoms with Gasteiger partial charge in [0.05, 0.1) is 5.69 Å². The molecule has 0 spiro atoms. The van der Waals surface area contributed by atoms with Crippen molar-refractivity contribution < 1.29 is 4.79 Å². The van der Waals surface area contributed by atoms with Crippen LogP contribution in [0.15, 0.2) is 60.7 Å². The van der Waals surface area contributed by atoms with Crippen LogP contribution in [0.1, 0.15) is 17.7 Å². The van der Waals surface area contributed by atoms with Gasteiger partial charge in [-0.3, -0.25) is 9.89 Å². The smallest absolute Gasteiger partial charge is 0.224 e. The fourth-order valence-electron chi connectivity index (χ4n) is 2.45. The molecule has 0 saturated carbocycles. The molecule has 0 aliphatic heterocycles. The molecule has 4 heteroatoms. The summed E-state index contributed by atoms with van der Waals surface area (Å²) in [7, 11) is 0. The molecule has 23 heavy (non-hydrogen) atoms. The highest BCUT2D eigenvalue weighted by molar-refractivity contribution is 5.91. The van der Waals surface area contributed by atoms with E-state index in [0.29, 0.717) is 6.42 Å². The number of H-pyrrole nitrogens is 1. The number of carbonyl (C=O) groups excluding carboxylic acids is 1. The SMILES string of the molecule is Cc1cc(-c2cccc(NC(=O)CCc3ccccc3)c2)n[nH]1. The molecule has 4 nitrogen and oxygen atoms in total. The quantitative estimate of drug-likeness (QED) is 0.749. The van der Waals surface area contributed by atoms with Crippen molar-refractivity contribution in [3.63, 3.8) is 0 Å². The topological polar surface area (TPSA) is 57.8 Å². The summed E-state index contributed by atoms with van der Waals surface area (Å²) in [4.78, 5) is 12.1. The van der Waals surface area contributed by atoms with Gasteiger partial charge in [-0.15, -0.1) is 0 Å². The molecule has 0 aliphatic rings. The predicted molar refractivity (Wildman–Crippen MR) is 92.2 cm³/mol. The molecular weight excluding hydrogens is 286 g/mol. The Morgan fingerprint density at radius 3 is 2.65 bits per heavy atom. The van der Waals surface area contributed by atoms with Crippen LogP contribution in [0.5, 0.6) is 0 Å². The molecule has 0 saturated heterocycles. The van der Waals surface area contributed by atoms with Gasteiger partial charge in [0.15, 0.2) is 0 Å². The number of aryl methyl sites for hydroxylation is 2. The molecule has 0 bridgehead atoms. The number of nitrogens with one attached hydrogen (secondary N) is 2. The zero-order valence-electron chi connectivity index (χ0n) is 13.0. The molecule has 0 fully saturated rings. The number of aromatic nitrogens is 2. The predicted octanol–water partition coefficient (Wildman–Crippen LogP) is 3.96. The first-order chi connectivity index (χ1) is 11.2. The first-order valence-corrected chi connectivity index (χ1v) is 7.67. The molecule has 3 aromatic rings. The molecule has 3 rings (SSSR count). The molecule has 0 aliphatic carbocycles. The fraction of sp³-hybridized carbons (Fsp3) is 0.158. The second-order valence-corrected chi connectivity index (χ2v) is 5.55. The van der Waals surface area contributed by atoms with Crippen molar-refractivity contribution in [2.45, 2.75) is 19.8 Å². The number of anilines is 1. The third kappa shape index (κ3) is 4.07. The van der Waals surface area contributed by atoms with Crippen LogP contribution in [0, 0.1) is 6.92 Å². The summed E-state index contributed by atoms with van der Waals surface area (Å²) in [5, 5.41) is 10.1. The van der Waals surface area contributed by atoms with Gasteiger partial charge in [0.2, 0.25) is 5.91 Å². The van der Waals surface area contributed by atoms with E-state index in [4.69, 9.17) is 0 Å². The van der Waals surface area contributed by atoms with Crippen molar-refractivity contribution in [2.75, 3.05) is 5.32 Å². The molecule has 2 aromatic carbocycles. The van der Waals surface area contributed by atoms with Crippen molar-refractivity contribution in [3.05, 3.63) is 71.9 Å². The third-order valence-corrected chi connectivity index (χ3v) is 3.63. The minimum Gasteiger partial charge on any atom is -0.326 e. The summed E-state index contributed by atoms with van der Waals surface area (Å²) >= 11 is 0. The summed E-state index contributed by atoms with van der Waals surface area (Å²) in [6, 6.07) is 19.7. The number of hydrogen-bond acceptors (Lipinski definition) is 2. The maximum Gasteiger partial charge on any atom is 0.224 e. The molecule has 1 aromatic heterocycles. The normalized spacial score (nSPS) is 10.5. The number of benzene rings is 2. The lowest BCUT2D eigenvalue weighted by Crippen LogP contribution is -2.12. The summed E-state index contributed by atoms with van der Waals surface area (Å²) in [6.07, 6.45) is 1.21. The monoisotopic (exact) mass is 305 g/mol. The van der Waals surface area contributed by atoms with E-state index in [0.717, 1.165) is 29.1 Å². The largest absolute Gasteiger partial charge is 0.326 e. The lowest BCUT2D eigenvalue weighted by molar-refractivity contribution is -0.116. The highest BCUT2D eigenvalue weighted by Crippen LogP contribution is 2.21. The number of nitrogens with zero attached hydrogens (tertiary/aromatic N) is 1. The van der Waals surface area contributed by atoms with E-state index in [9.17, 15) is 4.79 Å². The van der Waals surface area contributed by atoms with E-state index < -0.39 is 0 Å². The van der Waals surface area contributed by atoms with E-state index in [-0.39, 0.29) is 5.91 Å². The Balaban J connectivity index is 1.62. The van der Waals surface area contributed by atoms with Gasteiger partial charge in [-0.05, 0) is 37.1 Å². The van der Waals surface area contributed by atoms with Crippen molar-refractivity contribution in [1.82, 2.24) is 10.2 Å². The summed E-state index contributed by atoms with van der Waals surface area (Å²) in [5.74, 6) is 0.0178. The van der Waals surface area contributed by atoms with E-state index in [1.165, 1.54) is 5.56 Å². The number of amides is 1. The van der Waals surface area contributed by atoms with Gasteiger partial charge in [0.25, 0.3) is 0 Å². The molecule has 1 heterocycles. The lowest BCUT2D eigenvalue weighted by atomic mass is 10.1. The van der Waals surface area contributed by atoms with Crippen LogP contribution < -0.4 is 5.32 Å². The third-order valence-electron chi connectivity index (χ3n) is 3.63. The van der Waals surface area contributed by atoms with Gasteiger partial charge in [-0.2, -0.15) is 5.10 Å². The summed E-state index contributed by atoms with van der Waals surface area (Å²) in [6.45, 7) is 1.96. The average molecular weight is 305 g/mol. The van der Waals surface area contributed by atoms with Crippen molar-refractivity contribution in [3.8, 4) is 11.3 Å². The zero-order chi connectivity index (χ0) is 16.1. The molecule has 1 amide bonds. The van der Waals surface area contributed by atoms with Gasteiger partial charge in [0.1, 0.15) is 0 Å². The van der Waals surface area contributed by atoms with Gasteiger partial charge < -0.3 is 5.32 Å². The van der Waals surface area contributed by atoms with Gasteiger partial charge in [-0.1, -0.05) is 42.5 Å². The van der Waals surface area contributed by atoms with Gasteiger partial charge in [0, 0.05) is 23.4 Å². The number of hydrogen-bond donors (Lipinski definition) is 2. The Morgan fingerprint density at radius 2 is 1.91 bits per heavy atom. The van der Waals surface area contributed by atoms with Crippen LogP contribution in [0.4, 0.5) is 5.69 Å². The van der Waals surface area contributed by atoms with Crippen LogP contribution >= 0.6 is 0 Å². The number of carbonyl (C=O) groups is 1. The summed E-state index contributed by atoms with van der Waals surface area (Å²) in [5.41, 5.74) is 4.83. The van der Waals surface area contributed by atoms with Crippen LogP contribution in [0.3, 0.4) is 0 Å². The number of aromatic amines is 1. The minimum absolute atomic E-state index is 0.0178. The highest BCUT2D eigenvalue weighted by Gasteiger charge is 2.06. The van der Waals surface area contributed by atoms with E-state index >= 15 is 0 Å². The van der Waals surface area contributed by atoms with E-state index in [1.807, 2.05) is 67.6 Å². The minimum atomic E-state index is 0.0178.